The van der Waals surface area contributed by atoms with Gasteiger partial charge < -0.3 is 14.7 Å². The summed E-state index contributed by atoms with van der Waals surface area (Å²) in [4.78, 5) is 11.0. The molecule has 0 spiro atoms. The first-order chi connectivity index (χ1) is 10.1. The van der Waals surface area contributed by atoms with E-state index in [0.717, 1.165) is 50.3 Å². The Balaban J connectivity index is 0.00000242. The molecule has 1 saturated heterocycles. The van der Waals surface area contributed by atoms with E-state index in [1.54, 1.807) is 0 Å². The van der Waals surface area contributed by atoms with Crippen LogP contribution in [0.15, 0.2) is 9.52 Å². The summed E-state index contributed by atoms with van der Waals surface area (Å²) in [5.74, 6) is 3.88. The fourth-order valence-corrected chi connectivity index (χ4v) is 3.05. The van der Waals surface area contributed by atoms with Gasteiger partial charge in [0.05, 0.1) is 0 Å². The quantitative estimate of drug-likeness (QED) is 0.350. The molecular formula is C15H28IN5O. The number of nitrogens with one attached hydrogen (secondary N) is 1. The molecule has 1 fully saturated rings. The van der Waals surface area contributed by atoms with E-state index in [1.807, 2.05) is 14.0 Å². The molecule has 0 amide bonds. The Labute approximate surface area is 150 Å². The highest BCUT2D eigenvalue weighted by Gasteiger charge is 2.23. The first-order valence-corrected chi connectivity index (χ1v) is 7.83. The van der Waals surface area contributed by atoms with Crippen molar-refractivity contribution < 1.29 is 4.52 Å². The van der Waals surface area contributed by atoms with E-state index in [9.17, 15) is 0 Å². The topological polar surface area (TPSA) is 66.5 Å². The highest BCUT2D eigenvalue weighted by molar-refractivity contribution is 14.0. The predicted octanol–water partition coefficient (Wildman–Crippen LogP) is 2.48. The number of hydrogen-bond donors (Lipinski definition) is 1. The molecule has 1 aliphatic rings. The molecule has 1 aliphatic heterocycles. The fourth-order valence-electron chi connectivity index (χ4n) is 3.05. The third-order valence-electron chi connectivity index (χ3n) is 3.80. The molecule has 2 rings (SSSR count). The van der Waals surface area contributed by atoms with E-state index in [-0.39, 0.29) is 24.0 Å². The Morgan fingerprint density at radius 1 is 1.36 bits per heavy atom. The second kappa shape index (κ2) is 9.32. The van der Waals surface area contributed by atoms with Crippen LogP contribution in [0.25, 0.3) is 0 Å². The maximum absolute atomic E-state index is 5.11. The molecule has 1 aromatic rings. The van der Waals surface area contributed by atoms with Crippen molar-refractivity contribution in [3.8, 4) is 0 Å². The number of halogens is 1. The van der Waals surface area contributed by atoms with Crippen molar-refractivity contribution in [1.29, 1.82) is 0 Å². The summed E-state index contributed by atoms with van der Waals surface area (Å²) >= 11 is 0. The zero-order valence-corrected chi connectivity index (χ0v) is 16.3. The number of hydrogen-bond acceptors (Lipinski definition) is 4. The third kappa shape index (κ3) is 5.73. The number of aryl methyl sites for hydroxylation is 2. The maximum Gasteiger partial charge on any atom is 0.226 e. The summed E-state index contributed by atoms with van der Waals surface area (Å²) in [7, 11) is 1.85. The third-order valence-corrected chi connectivity index (χ3v) is 3.80. The van der Waals surface area contributed by atoms with E-state index in [0.29, 0.717) is 11.7 Å². The highest BCUT2D eigenvalue weighted by atomic mass is 127. The first kappa shape index (κ1) is 19.2. The van der Waals surface area contributed by atoms with Gasteiger partial charge in [-0.3, -0.25) is 4.99 Å². The van der Waals surface area contributed by atoms with Crippen molar-refractivity contribution >= 4 is 29.9 Å². The molecule has 1 aromatic heterocycles. The molecule has 0 bridgehead atoms. The summed E-state index contributed by atoms with van der Waals surface area (Å²) in [6.45, 7) is 9.51. The van der Waals surface area contributed by atoms with Gasteiger partial charge in [0.15, 0.2) is 11.8 Å². The van der Waals surface area contributed by atoms with Crippen LogP contribution in [0.1, 0.15) is 38.4 Å². The first-order valence-electron chi connectivity index (χ1n) is 7.83. The van der Waals surface area contributed by atoms with Crippen LogP contribution in [-0.4, -0.2) is 47.7 Å². The monoisotopic (exact) mass is 421 g/mol. The Bertz CT molecular complexity index is 466. The van der Waals surface area contributed by atoms with E-state index in [4.69, 9.17) is 4.52 Å². The normalized spacial score (nSPS) is 22.4. The number of rotatable bonds is 4. The van der Waals surface area contributed by atoms with Gasteiger partial charge in [-0.2, -0.15) is 4.98 Å². The molecule has 2 unspecified atom stereocenters. The SMILES string of the molecule is CN=C(NCCCc1nc(C)no1)N1CC(C)CC(C)C1.I. The number of likely N-dealkylation sites (tertiary alicyclic amines) is 1. The summed E-state index contributed by atoms with van der Waals surface area (Å²) in [6, 6.07) is 0. The lowest BCUT2D eigenvalue weighted by Gasteiger charge is -2.37. The summed E-state index contributed by atoms with van der Waals surface area (Å²) < 4.78 is 5.11. The average Bonchev–Trinajstić information content (AvgIpc) is 2.83. The Kier molecular flexibility index (Phi) is 8.13. The van der Waals surface area contributed by atoms with Crippen LogP contribution < -0.4 is 5.32 Å². The van der Waals surface area contributed by atoms with Gasteiger partial charge in [-0.25, -0.2) is 0 Å². The van der Waals surface area contributed by atoms with E-state index in [2.05, 4.69) is 39.2 Å². The van der Waals surface area contributed by atoms with Crippen LogP contribution in [0, 0.1) is 18.8 Å². The van der Waals surface area contributed by atoms with Gasteiger partial charge in [0.1, 0.15) is 0 Å². The van der Waals surface area contributed by atoms with E-state index in [1.165, 1.54) is 6.42 Å². The molecule has 0 radical (unpaired) electrons. The smallest absolute Gasteiger partial charge is 0.226 e. The van der Waals surface area contributed by atoms with Gasteiger partial charge in [-0.05, 0) is 31.6 Å². The van der Waals surface area contributed by atoms with Gasteiger partial charge in [0, 0.05) is 33.1 Å². The van der Waals surface area contributed by atoms with Crippen LogP contribution in [0.5, 0.6) is 0 Å². The largest absolute Gasteiger partial charge is 0.356 e. The Morgan fingerprint density at radius 3 is 2.59 bits per heavy atom. The fraction of sp³-hybridized carbons (Fsp3) is 0.800. The second-order valence-electron chi connectivity index (χ2n) is 6.16. The van der Waals surface area contributed by atoms with Crippen molar-refractivity contribution in [1.82, 2.24) is 20.4 Å². The zero-order valence-electron chi connectivity index (χ0n) is 14.0. The lowest BCUT2D eigenvalue weighted by molar-refractivity contribution is 0.208. The molecule has 2 atom stereocenters. The van der Waals surface area contributed by atoms with Crippen LogP contribution in [0.2, 0.25) is 0 Å². The molecule has 6 nitrogen and oxygen atoms in total. The number of piperidine rings is 1. The van der Waals surface area contributed by atoms with Gasteiger partial charge in [-0.1, -0.05) is 19.0 Å². The van der Waals surface area contributed by atoms with Crippen molar-refractivity contribution in [3.05, 3.63) is 11.7 Å². The van der Waals surface area contributed by atoms with Crippen molar-refractivity contribution in [2.75, 3.05) is 26.7 Å². The average molecular weight is 421 g/mol. The van der Waals surface area contributed by atoms with Crippen LogP contribution >= 0.6 is 24.0 Å². The van der Waals surface area contributed by atoms with Gasteiger partial charge in [0.2, 0.25) is 5.89 Å². The second-order valence-corrected chi connectivity index (χ2v) is 6.16. The maximum atomic E-state index is 5.11. The molecule has 0 aromatic carbocycles. The molecule has 126 valence electrons. The molecule has 2 heterocycles. The standard InChI is InChI=1S/C15H27N5O.HI/c1-11-8-12(2)10-20(9-11)15(16-4)17-7-5-6-14-18-13(3)19-21-14;/h11-12H,5-10H2,1-4H3,(H,16,17);1H. The molecule has 0 saturated carbocycles. The Hall–Kier alpha value is -0.860. The molecule has 1 N–H and O–H groups in total. The highest BCUT2D eigenvalue weighted by Crippen LogP contribution is 2.20. The Morgan fingerprint density at radius 2 is 2.05 bits per heavy atom. The lowest BCUT2D eigenvalue weighted by atomic mass is 9.92. The van der Waals surface area contributed by atoms with Crippen LogP contribution in [0.4, 0.5) is 0 Å². The van der Waals surface area contributed by atoms with E-state index < -0.39 is 0 Å². The molecule has 7 heteroatoms. The van der Waals surface area contributed by atoms with Gasteiger partial charge in [-0.15, -0.1) is 24.0 Å². The van der Waals surface area contributed by atoms with Gasteiger partial charge >= 0.3 is 0 Å². The summed E-state index contributed by atoms with van der Waals surface area (Å²) in [6.07, 6.45) is 3.07. The zero-order chi connectivity index (χ0) is 15.2. The molecular weight excluding hydrogens is 393 g/mol. The minimum absolute atomic E-state index is 0. The lowest BCUT2D eigenvalue weighted by Crippen LogP contribution is -2.48. The predicted molar refractivity (Wildman–Crippen MR) is 98.7 cm³/mol. The van der Waals surface area contributed by atoms with E-state index >= 15 is 0 Å². The van der Waals surface area contributed by atoms with Crippen LogP contribution in [0.3, 0.4) is 0 Å². The number of nitrogens with zero attached hydrogens (tertiary/aromatic N) is 4. The van der Waals surface area contributed by atoms with Crippen LogP contribution in [-0.2, 0) is 6.42 Å². The minimum atomic E-state index is 0. The van der Waals surface area contributed by atoms with Gasteiger partial charge in [0.25, 0.3) is 0 Å². The van der Waals surface area contributed by atoms with Crippen molar-refractivity contribution in [2.45, 2.75) is 40.0 Å². The molecule has 22 heavy (non-hydrogen) atoms. The summed E-state index contributed by atoms with van der Waals surface area (Å²) in [5, 5.41) is 7.24. The number of aliphatic imine (C=N–C) groups is 1. The van der Waals surface area contributed by atoms with Crippen molar-refractivity contribution in [3.63, 3.8) is 0 Å². The van der Waals surface area contributed by atoms with Crippen molar-refractivity contribution in [2.24, 2.45) is 16.8 Å². The number of aromatic nitrogens is 2. The summed E-state index contributed by atoms with van der Waals surface area (Å²) in [5.41, 5.74) is 0. The number of guanidine groups is 1. The minimum Gasteiger partial charge on any atom is -0.356 e. The molecule has 0 aliphatic carbocycles.